The molecule has 2 aliphatic rings. The lowest BCUT2D eigenvalue weighted by Gasteiger charge is -2.37. The van der Waals surface area contributed by atoms with Crippen molar-refractivity contribution in [2.75, 3.05) is 6.61 Å². The molecule has 1 aliphatic heterocycles. The molecule has 5 heteroatoms. The molecule has 0 spiro atoms. The predicted octanol–water partition coefficient (Wildman–Crippen LogP) is 2.57. The Morgan fingerprint density at radius 2 is 2.14 bits per heavy atom. The molecule has 0 bridgehead atoms. The molecule has 21 heavy (non-hydrogen) atoms. The molecular formula is C16H23ClN2O2. The van der Waals surface area contributed by atoms with Gasteiger partial charge in [0, 0.05) is 11.1 Å². The molecule has 1 heterocycles. The number of halogens is 1. The Bertz CT molecular complexity index is 519. The average Bonchev–Trinajstić information content (AvgIpc) is 2.81. The van der Waals surface area contributed by atoms with Crippen LogP contribution in [0.5, 0.6) is 5.75 Å². The molecule has 0 saturated heterocycles. The number of amides is 1. The van der Waals surface area contributed by atoms with Gasteiger partial charge in [-0.15, -0.1) is 12.4 Å². The number of ether oxygens (including phenoxy) is 1. The second-order valence-corrected chi connectivity index (χ2v) is 6.21. The van der Waals surface area contributed by atoms with Gasteiger partial charge in [0.25, 0.3) is 0 Å². The van der Waals surface area contributed by atoms with E-state index in [9.17, 15) is 4.79 Å². The molecule has 0 aromatic heterocycles. The third-order valence-electron chi connectivity index (χ3n) is 4.59. The van der Waals surface area contributed by atoms with Crippen molar-refractivity contribution in [3.05, 3.63) is 29.8 Å². The van der Waals surface area contributed by atoms with Gasteiger partial charge in [-0.05, 0) is 25.8 Å². The number of benzene rings is 1. The monoisotopic (exact) mass is 310 g/mol. The fourth-order valence-electron chi connectivity index (χ4n) is 3.34. The van der Waals surface area contributed by atoms with Crippen LogP contribution in [0.1, 0.15) is 44.2 Å². The van der Waals surface area contributed by atoms with Crippen LogP contribution in [0.2, 0.25) is 0 Å². The molecule has 4 nitrogen and oxygen atoms in total. The third kappa shape index (κ3) is 3.16. The van der Waals surface area contributed by atoms with Crippen LogP contribution in [0.4, 0.5) is 0 Å². The molecule has 0 radical (unpaired) electrons. The summed E-state index contributed by atoms with van der Waals surface area (Å²) in [6.07, 6.45) is 4.01. The molecule has 116 valence electrons. The van der Waals surface area contributed by atoms with Gasteiger partial charge in [0.05, 0.1) is 12.0 Å². The summed E-state index contributed by atoms with van der Waals surface area (Å²) in [4.78, 5) is 12.5. The SMILES string of the molecule is CC1(N)CCCCC1C(=O)NC1COc2ccccc21.Cl. The molecule has 1 saturated carbocycles. The van der Waals surface area contributed by atoms with Crippen molar-refractivity contribution in [3.63, 3.8) is 0 Å². The van der Waals surface area contributed by atoms with E-state index in [2.05, 4.69) is 5.32 Å². The topological polar surface area (TPSA) is 64.4 Å². The number of hydrogen-bond donors (Lipinski definition) is 2. The van der Waals surface area contributed by atoms with Gasteiger partial charge in [0.15, 0.2) is 0 Å². The van der Waals surface area contributed by atoms with Gasteiger partial charge in [-0.3, -0.25) is 4.79 Å². The molecule has 1 amide bonds. The molecule has 1 fully saturated rings. The lowest BCUT2D eigenvalue weighted by Crippen LogP contribution is -2.53. The van der Waals surface area contributed by atoms with E-state index in [0.717, 1.165) is 37.0 Å². The molecule has 3 rings (SSSR count). The maximum absolute atomic E-state index is 12.5. The van der Waals surface area contributed by atoms with E-state index in [1.54, 1.807) is 0 Å². The number of rotatable bonds is 2. The summed E-state index contributed by atoms with van der Waals surface area (Å²) in [7, 11) is 0. The first-order valence-electron chi connectivity index (χ1n) is 7.39. The zero-order chi connectivity index (χ0) is 14.2. The Balaban J connectivity index is 0.00000161. The van der Waals surface area contributed by atoms with Gasteiger partial charge in [0.2, 0.25) is 5.91 Å². The fourth-order valence-corrected chi connectivity index (χ4v) is 3.34. The van der Waals surface area contributed by atoms with Crippen LogP contribution >= 0.6 is 12.4 Å². The molecule has 3 atom stereocenters. The van der Waals surface area contributed by atoms with Crippen molar-refractivity contribution < 1.29 is 9.53 Å². The minimum absolute atomic E-state index is 0. The van der Waals surface area contributed by atoms with Crippen LogP contribution in [-0.4, -0.2) is 18.1 Å². The second kappa shape index (κ2) is 6.24. The standard InChI is InChI=1S/C16H22N2O2.ClH/c1-16(17)9-5-4-7-12(16)15(19)18-13-10-20-14-8-3-2-6-11(13)14;/h2-3,6,8,12-13H,4-5,7,9-10,17H2,1H3,(H,18,19);1H. The van der Waals surface area contributed by atoms with Crippen LogP contribution in [0.3, 0.4) is 0 Å². The van der Waals surface area contributed by atoms with Crippen LogP contribution < -0.4 is 15.8 Å². The summed E-state index contributed by atoms with van der Waals surface area (Å²) in [5.41, 5.74) is 6.98. The zero-order valence-corrected chi connectivity index (χ0v) is 13.1. The first kappa shape index (κ1) is 16.1. The smallest absolute Gasteiger partial charge is 0.225 e. The minimum Gasteiger partial charge on any atom is -0.491 e. The zero-order valence-electron chi connectivity index (χ0n) is 12.3. The van der Waals surface area contributed by atoms with Crippen molar-refractivity contribution in [2.45, 2.75) is 44.2 Å². The Hall–Kier alpha value is -1.26. The summed E-state index contributed by atoms with van der Waals surface area (Å²) in [6, 6.07) is 7.82. The lowest BCUT2D eigenvalue weighted by atomic mass is 9.74. The first-order chi connectivity index (χ1) is 9.58. The van der Waals surface area contributed by atoms with Crippen LogP contribution in [0.15, 0.2) is 24.3 Å². The van der Waals surface area contributed by atoms with Crippen LogP contribution in [-0.2, 0) is 4.79 Å². The van der Waals surface area contributed by atoms with E-state index < -0.39 is 0 Å². The van der Waals surface area contributed by atoms with Gasteiger partial charge >= 0.3 is 0 Å². The van der Waals surface area contributed by atoms with Gasteiger partial charge in [-0.25, -0.2) is 0 Å². The number of nitrogens with one attached hydrogen (secondary N) is 1. The summed E-state index contributed by atoms with van der Waals surface area (Å²) < 4.78 is 5.61. The Labute approximate surface area is 131 Å². The fraction of sp³-hybridized carbons (Fsp3) is 0.562. The van der Waals surface area contributed by atoms with E-state index in [1.165, 1.54) is 0 Å². The Morgan fingerprint density at radius 3 is 2.90 bits per heavy atom. The van der Waals surface area contributed by atoms with Crippen molar-refractivity contribution in [1.29, 1.82) is 0 Å². The highest BCUT2D eigenvalue weighted by Crippen LogP contribution is 2.35. The highest BCUT2D eigenvalue weighted by Gasteiger charge is 2.39. The first-order valence-corrected chi connectivity index (χ1v) is 7.39. The van der Waals surface area contributed by atoms with Gasteiger partial charge in [-0.2, -0.15) is 0 Å². The summed E-state index contributed by atoms with van der Waals surface area (Å²) >= 11 is 0. The van der Waals surface area contributed by atoms with Gasteiger partial charge in [-0.1, -0.05) is 31.0 Å². The molecule has 1 aliphatic carbocycles. The Kier molecular flexibility index (Phi) is 4.79. The summed E-state index contributed by atoms with van der Waals surface area (Å²) in [5.74, 6) is 0.848. The predicted molar refractivity (Wildman–Crippen MR) is 84.6 cm³/mol. The lowest BCUT2D eigenvalue weighted by molar-refractivity contribution is -0.129. The molecule has 3 N–H and O–H groups in total. The molecule has 1 aromatic rings. The number of carbonyl (C=O) groups excluding carboxylic acids is 1. The Morgan fingerprint density at radius 1 is 1.38 bits per heavy atom. The molecular weight excluding hydrogens is 288 g/mol. The molecule has 1 aromatic carbocycles. The van der Waals surface area contributed by atoms with Crippen LogP contribution in [0, 0.1) is 5.92 Å². The number of hydrogen-bond acceptors (Lipinski definition) is 3. The van der Waals surface area contributed by atoms with E-state index in [4.69, 9.17) is 10.5 Å². The highest BCUT2D eigenvalue weighted by molar-refractivity contribution is 5.85. The normalized spacial score (nSPS) is 30.8. The number of nitrogens with two attached hydrogens (primary N) is 1. The van der Waals surface area contributed by atoms with Crippen molar-refractivity contribution in [1.82, 2.24) is 5.32 Å². The minimum atomic E-state index is -0.388. The maximum Gasteiger partial charge on any atom is 0.225 e. The van der Waals surface area contributed by atoms with E-state index >= 15 is 0 Å². The largest absolute Gasteiger partial charge is 0.491 e. The van der Waals surface area contributed by atoms with E-state index in [0.29, 0.717) is 6.61 Å². The van der Waals surface area contributed by atoms with E-state index in [1.807, 2.05) is 31.2 Å². The van der Waals surface area contributed by atoms with Crippen molar-refractivity contribution in [3.8, 4) is 5.75 Å². The van der Waals surface area contributed by atoms with Gasteiger partial charge in [0.1, 0.15) is 12.4 Å². The molecule has 3 unspecified atom stereocenters. The average molecular weight is 311 g/mol. The summed E-state index contributed by atoms with van der Waals surface area (Å²) in [6.45, 7) is 2.51. The van der Waals surface area contributed by atoms with Gasteiger partial charge < -0.3 is 15.8 Å². The van der Waals surface area contributed by atoms with E-state index in [-0.39, 0.29) is 35.8 Å². The highest BCUT2D eigenvalue weighted by atomic mass is 35.5. The number of fused-ring (bicyclic) bond motifs is 1. The quantitative estimate of drug-likeness (QED) is 0.882. The second-order valence-electron chi connectivity index (χ2n) is 6.21. The third-order valence-corrected chi connectivity index (χ3v) is 4.59. The van der Waals surface area contributed by atoms with Crippen molar-refractivity contribution >= 4 is 18.3 Å². The van der Waals surface area contributed by atoms with Crippen LogP contribution in [0.25, 0.3) is 0 Å². The summed E-state index contributed by atoms with van der Waals surface area (Å²) in [5, 5.41) is 3.12. The maximum atomic E-state index is 12.5. The van der Waals surface area contributed by atoms with Crippen molar-refractivity contribution in [2.24, 2.45) is 11.7 Å². The number of para-hydroxylation sites is 1. The number of carbonyl (C=O) groups is 1.